The third-order valence-corrected chi connectivity index (χ3v) is 4.87. The van der Waals surface area contributed by atoms with Crippen LogP contribution in [0.5, 0.6) is 17.2 Å². The van der Waals surface area contributed by atoms with Gasteiger partial charge in [0.25, 0.3) is 0 Å². The summed E-state index contributed by atoms with van der Waals surface area (Å²) >= 11 is 0. The summed E-state index contributed by atoms with van der Waals surface area (Å²) in [5.41, 5.74) is 3.14. The standard InChI is InChI=1S/C25H24N2O3/c1-28-20-10-7-19(8-11-20)9-16-25-26-23-5-3-4-6-24(23)27(25)17-18-30-22-14-12-21(29-2)13-15-22/h3-16H,17-18H2,1-2H3/b16-9+. The number of hydrogen-bond donors (Lipinski definition) is 0. The first kappa shape index (κ1) is 19.6. The van der Waals surface area contributed by atoms with Gasteiger partial charge in [0, 0.05) is 0 Å². The molecular weight excluding hydrogens is 376 g/mol. The maximum Gasteiger partial charge on any atom is 0.133 e. The topological polar surface area (TPSA) is 45.5 Å². The Bertz CT molecular complexity index is 1130. The van der Waals surface area contributed by atoms with Crippen molar-refractivity contribution in [2.45, 2.75) is 6.54 Å². The van der Waals surface area contributed by atoms with Crippen molar-refractivity contribution in [1.82, 2.24) is 9.55 Å². The number of ether oxygens (including phenoxy) is 3. The molecule has 3 aromatic carbocycles. The lowest BCUT2D eigenvalue weighted by Gasteiger charge is -2.10. The average molecular weight is 400 g/mol. The van der Waals surface area contributed by atoms with Crippen molar-refractivity contribution in [2.24, 2.45) is 0 Å². The van der Waals surface area contributed by atoms with Gasteiger partial charge in [0.05, 0.1) is 31.8 Å². The molecule has 0 aliphatic rings. The van der Waals surface area contributed by atoms with E-state index in [1.165, 1.54) is 0 Å². The molecule has 152 valence electrons. The lowest BCUT2D eigenvalue weighted by atomic mass is 10.2. The zero-order chi connectivity index (χ0) is 20.8. The molecule has 5 nitrogen and oxygen atoms in total. The van der Waals surface area contributed by atoms with Crippen LogP contribution in [0.2, 0.25) is 0 Å². The summed E-state index contributed by atoms with van der Waals surface area (Å²) in [6.45, 7) is 1.23. The van der Waals surface area contributed by atoms with E-state index >= 15 is 0 Å². The van der Waals surface area contributed by atoms with E-state index in [9.17, 15) is 0 Å². The number of rotatable bonds is 8. The Balaban J connectivity index is 1.52. The molecule has 0 spiro atoms. The minimum atomic E-state index is 0.538. The average Bonchev–Trinajstić information content (AvgIpc) is 3.16. The molecular formula is C25H24N2O3. The highest BCUT2D eigenvalue weighted by molar-refractivity contribution is 5.79. The fraction of sp³-hybridized carbons (Fsp3) is 0.160. The van der Waals surface area contributed by atoms with Crippen LogP contribution < -0.4 is 14.2 Å². The Morgan fingerprint density at radius 2 is 1.40 bits per heavy atom. The Labute approximate surface area is 176 Å². The summed E-state index contributed by atoms with van der Waals surface area (Å²) in [7, 11) is 3.32. The zero-order valence-electron chi connectivity index (χ0n) is 17.1. The van der Waals surface area contributed by atoms with E-state index in [1.807, 2.05) is 72.8 Å². The van der Waals surface area contributed by atoms with E-state index in [0.29, 0.717) is 13.2 Å². The smallest absolute Gasteiger partial charge is 0.133 e. The van der Waals surface area contributed by atoms with Crippen LogP contribution >= 0.6 is 0 Å². The minimum absolute atomic E-state index is 0.538. The number of aromatic nitrogens is 2. The Hall–Kier alpha value is -3.73. The second-order valence-corrected chi connectivity index (χ2v) is 6.74. The molecule has 1 aromatic heterocycles. The Morgan fingerprint density at radius 1 is 0.767 bits per heavy atom. The van der Waals surface area contributed by atoms with Crippen LogP contribution in [0, 0.1) is 0 Å². The molecule has 0 radical (unpaired) electrons. The second kappa shape index (κ2) is 9.18. The van der Waals surface area contributed by atoms with Gasteiger partial charge in [-0.3, -0.25) is 0 Å². The van der Waals surface area contributed by atoms with Gasteiger partial charge >= 0.3 is 0 Å². The molecule has 4 aromatic rings. The molecule has 0 unspecified atom stereocenters. The molecule has 0 fully saturated rings. The SMILES string of the molecule is COc1ccc(/C=C/c2nc3ccccc3n2CCOc2ccc(OC)cc2)cc1. The highest BCUT2D eigenvalue weighted by Gasteiger charge is 2.08. The number of para-hydroxylation sites is 2. The van der Waals surface area contributed by atoms with Crippen LogP contribution in [-0.2, 0) is 6.54 Å². The summed E-state index contributed by atoms with van der Waals surface area (Å²) in [4.78, 5) is 4.79. The van der Waals surface area contributed by atoms with E-state index in [0.717, 1.165) is 39.7 Å². The van der Waals surface area contributed by atoms with Crippen LogP contribution in [0.25, 0.3) is 23.2 Å². The summed E-state index contributed by atoms with van der Waals surface area (Å²) in [6.07, 6.45) is 4.09. The molecule has 5 heteroatoms. The van der Waals surface area contributed by atoms with E-state index in [1.54, 1.807) is 14.2 Å². The summed E-state index contributed by atoms with van der Waals surface area (Å²) in [5.74, 6) is 3.37. The fourth-order valence-electron chi connectivity index (χ4n) is 3.27. The number of nitrogens with zero attached hydrogens (tertiary/aromatic N) is 2. The van der Waals surface area contributed by atoms with Crippen molar-refractivity contribution >= 4 is 23.2 Å². The van der Waals surface area contributed by atoms with E-state index in [4.69, 9.17) is 19.2 Å². The Morgan fingerprint density at radius 3 is 2.10 bits per heavy atom. The zero-order valence-corrected chi connectivity index (χ0v) is 17.1. The van der Waals surface area contributed by atoms with E-state index in [-0.39, 0.29) is 0 Å². The van der Waals surface area contributed by atoms with Crippen LogP contribution in [0.4, 0.5) is 0 Å². The molecule has 30 heavy (non-hydrogen) atoms. The molecule has 0 aliphatic carbocycles. The number of fused-ring (bicyclic) bond motifs is 1. The number of imidazole rings is 1. The first-order valence-electron chi connectivity index (χ1n) is 9.81. The van der Waals surface area contributed by atoms with Crippen LogP contribution in [0.1, 0.15) is 11.4 Å². The van der Waals surface area contributed by atoms with Crippen molar-refractivity contribution in [1.29, 1.82) is 0 Å². The van der Waals surface area contributed by atoms with Gasteiger partial charge in [-0.2, -0.15) is 0 Å². The molecule has 0 N–H and O–H groups in total. The molecule has 0 saturated carbocycles. The normalized spacial score (nSPS) is 11.1. The maximum absolute atomic E-state index is 5.93. The molecule has 0 atom stereocenters. The lowest BCUT2D eigenvalue weighted by Crippen LogP contribution is -2.09. The van der Waals surface area contributed by atoms with Gasteiger partial charge < -0.3 is 18.8 Å². The quantitative estimate of drug-likeness (QED) is 0.402. The number of hydrogen-bond acceptors (Lipinski definition) is 4. The molecule has 0 aliphatic heterocycles. The monoisotopic (exact) mass is 400 g/mol. The molecule has 1 heterocycles. The molecule has 4 rings (SSSR count). The van der Waals surface area contributed by atoms with E-state index < -0.39 is 0 Å². The Kier molecular flexibility index (Phi) is 5.99. The van der Waals surface area contributed by atoms with Crippen LogP contribution in [0.15, 0.2) is 72.8 Å². The third-order valence-electron chi connectivity index (χ3n) is 4.87. The first-order valence-corrected chi connectivity index (χ1v) is 9.81. The van der Waals surface area contributed by atoms with Crippen molar-refractivity contribution in [3.63, 3.8) is 0 Å². The van der Waals surface area contributed by atoms with Crippen molar-refractivity contribution in [2.75, 3.05) is 20.8 Å². The lowest BCUT2D eigenvalue weighted by molar-refractivity contribution is 0.299. The largest absolute Gasteiger partial charge is 0.497 e. The summed E-state index contributed by atoms with van der Waals surface area (Å²) < 4.78 is 18.5. The van der Waals surface area contributed by atoms with Gasteiger partial charge in [0.15, 0.2) is 0 Å². The van der Waals surface area contributed by atoms with Crippen LogP contribution in [0.3, 0.4) is 0 Å². The van der Waals surface area contributed by atoms with Gasteiger partial charge in [0.1, 0.15) is 29.7 Å². The van der Waals surface area contributed by atoms with Crippen molar-refractivity contribution < 1.29 is 14.2 Å². The maximum atomic E-state index is 5.93. The predicted molar refractivity (Wildman–Crippen MR) is 120 cm³/mol. The molecule has 0 amide bonds. The fourth-order valence-corrected chi connectivity index (χ4v) is 3.27. The first-order chi connectivity index (χ1) is 14.8. The minimum Gasteiger partial charge on any atom is -0.497 e. The van der Waals surface area contributed by atoms with Gasteiger partial charge in [-0.05, 0) is 60.2 Å². The van der Waals surface area contributed by atoms with Crippen molar-refractivity contribution in [3.8, 4) is 17.2 Å². The van der Waals surface area contributed by atoms with Gasteiger partial charge in [-0.25, -0.2) is 4.98 Å². The van der Waals surface area contributed by atoms with Crippen molar-refractivity contribution in [3.05, 3.63) is 84.2 Å². The van der Waals surface area contributed by atoms with E-state index in [2.05, 4.69) is 16.7 Å². The van der Waals surface area contributed by atoms with Gasteiger partial charge in [-0.15, -0.1) is 0 Å². The molecule has 0 saturated heterocycles. The predicted octanol–water partition coefficient (Wildman–Crippen LogP) is 5.30. The van der Waals surface area contributed by atoms with Gasteiger partial charge in [0.2, 0.25) is 0 Å². The molecule has 0 bridgehead atoms. The highest BCUT2D eigenvalue weighted by Crippen LogP contribution is 2.20. The highest BCUT2D eigenvalue weighted by atomic mass is 16.5. The van der Waals surface area contributed by atoms with Gasteiger partial charge in [-0.1, -0.05) is 30.3 Å². The second-order valence-electron chi connectivity index (χ2n) is 6.74. The van der Waals surface area contributed by atoms with Crippen LogP contribution in [-0.4, -0.2) is 30.4 Å². The third kappa shape index (κ3) is 4.46. The number of methoxy groups -OCH3 is 2. The number of benzene rings is 3. The summed E-state index contributed by atoms with van der Waals surface area (Å²) in [5, 5.41) is 0. The summed E-state index contributed by atoms with van der Waals surface area (Å²) in [6, 6.07) is 23.7.